The van der Waals surface area contributed by atoms with Gasteiger partial charge in [-0.1, -0.05) is 42.5 Å². The van der Waals surface area contributed by atoms with E-state index in [9.17, 15) is 4.79 Å². The van der Waals surface area contributed by atoms with Gasteiger partial charge in [0.1, 0.15) is 5.75 Å². The molecule has 0 saturated carbocycles. The molecule has 26 heavy (non-hydrogen) atoms. The molecule has 0 saturated heterocycles. The Hall–Kier alpha value is -3.08. The van der Waals surface area contributed by atoms with Crippen LogP contribution in [-0.2, 0) is 17.8 Å². The number of ether oxygens (including phenoxy) is 1. The lowest BCUT2D eigenvalue weighted by atomic mass is 9.95. The third kappa shape index (κ3) is 3.08. The highest BCUT2D eigenvalue weighted by Gasteiger charge is 2.29. The molecular formula is C21H21N3O2. The van der Waals surface area contributed by atoms with Gasteiger partial charge in [0, 0.05) is 31.0 Å². The summed E-state index contributed by atoms with van der Waals surface area (Å²) in [5.74, 6) is 0.850. The van der Waals surface area contributed by atoms with Gasteiger partial charge in [-0.2, -0.15) is 5.10 Å². The number of carbonyl (C=O) groups excluding carboxylic acids is 1. The average Bonchev–Trinajstić information content (AvgIpc) is 3.22. The minimum absolute atomic E-state index is 0.0385. The molecule has 3 aromatic rings. The molecule has 5 nitrogen and oxygen atoms in total. The maximum atomic E-state index is 13.0. The van der Waals surface area contributed by atoms with Crippen molar-refractivity contribution in [1.82, 2.24) is 14.7 Å². The van der Waals surface area contributed by atoms with E-state index in [0.29, 0.717) is 19.5 Å². The van der Waals surface area contributed by atoms with E-state index in [1.165, 1.54) is 11.1 Å². The number of aromatic nitrogens is 2. The second-order valence-electron chi connectivity index (χ2n) is 6.46. The number of amides is 1. The number of para-hydroxylation sites is 1. The molecule has 132 valence electrons. The molecule has 0 aliphatic carbocycles. The molecule has 1 aliphatic heterocycles. The van der Waals surface area contributed by atoms with Crippen LogP contribution in [0.4, 0.5) is 0 Å². The molecule has 1 atom stereocenters. The molecule has 0 fully saturated rings. The summed E-state index contributed by atoms with van der Waals surface area (Å²) in [5.41, 5.74) is 3.32. The summed E-state index contributed by atoms with van der Waals surface area (Å²) in [7, 11) is 1.63. The predicted octanol–water partition coefficient (Wildman–Crippen LogP) is 3.07. The normalized spacial score (nSPS) is 16.2. The Labute approximate surface area is 152 Å². The van der Waals surface area contributed by atoms with E-state index >= 15 is 0 Å². The lowest BCUT2D eigenvalue weighted by Gasteiger charge is -2.35. The summed E-state index contributed by atoms with van der Waals surface area (Å²) < 4.78 is 7.32. The number of methoxy groups -OCH3 is 1. The Kier molecular flexibility index (Phi) is 4.44. The van der Waals surface area contributed by atoms with Gasteiger partial charge in [-0.05, 0) is 23.3 Å². The highest BCUT2D eigenvalue weighted by atomic mass is 16.5. The van der Waals surface area contributed by atoms with Crippen LogP contribution in [0.25, 0.3) is 0 Å². The molecular weight excluding hydrogens is 326 g/mol. The number of nitrogens with zero attached hydrogens (tertiary/aromatic N) is 3. The van der Waals surface area contributed by atoms with Crippen molar-refractivity contribution >= 4 is 5.91 Å². The van der Waals surface area contributed by atoms with Gasteiger partial charge in [0.05, 0.1) is 19.6 Å². The fraction of sp³-hybridized carbons (Fsp3) is 0.238. The number of hydrogen-bond donors (Lipinski definition) is 0. The molecule has 0 radical (unpaired) electrons. The van der Waals surface area contributed by atoms with Gasteiger partial charge in [0.25, 0.3) is 0 Å². The summed E-state index contributed by atoms with van der Waals surface area (Å²) in [4.78, 5) is 14.9. The topological polar surface area (TPSA) is 47.4 Å². The van der Waals surface area contributed by atoms with Crippen molar-refractivity contribution in [2.45, 2.75) is 19.0 Å². The standard InChI is InChI=1S/C21H21N3O2/c1-26-20-10-5-3-7-16(20)13-21(25)23-14-17-8-2-4-9-18(17)19(15-23)24-12-6-11-22-24/h2-12,19H,13-15H2,1H3. The zero-order valence-corrected chi connectivity index (χ0v) is 14.7. The van der Waals surface area contributed by atoms with Crippen molar-refractivity contribution in [3.63, 3.8) is 0 Å². The zero-order chi connectivity index (χ0) is 17.9. The quantitative estimate of drug-likeness (QED) is 0.729. The maximum absolute atomic E-state index is 13.0. The Bertz CT molecular complexity index is 905. The lowest BCUT2D eigenvalue weighted by molar-refractivity contribution is -0.132. The maximum Gasteiger partial charge on any atom is 0.227 e. The van der Waals surface area contributed by atoms with E-state index in [4.69, 9.17) is 4.74 Å². The van der Waals surface area contributed by atoms with Crippen LogP contribution in [0.2, 0.25) is 0 Å². The molecule has 2 aromatic carbocycles. The summed E-state index contributed by atoms with van der Waals surface area (Å²) in [6.45, 7) is 1.24. The molecule has 1 amide bonds. The second-order valence-corrected chi connectivity index (χ2v) is 6.46. The first-order chi connectivity index (χ1) is 12.8. The van der Waals surface area contributed by atoms with E-state index in [1.54, 1.807) is 13.3 Å². The second kappa shape index (κ2) is 7.04. The van der Waals surface area contributed by atoms with Gasteiger partial charge in [0.2, 0.25) is 5.91 Å². The van der Waals surface area contributed by atoms with Crippen LogP contribution in [0.15, 0.2) is 67.0 Å². The van der Waals surface area contributed by atoms with Gasteiger partial charge in [0.15, 0.2) is 0 Å². The first-order valence-corrected chi connectivity index (χ1v) is 8.73. The Morgan fingerprint density at radius 1 is 1.15 bits per heavy atom. The largest absolute Gasteiger partial charge is 0.496 e. The van der Waals surface area contributed by atoms with Crippen LogP contribution >= 0.6 is 0 Å². The average molecular weight is 347 g/mol. The van der Waals surface area contributed by atoms with Crippen molar-refractivity contribution in [3.8, 4) is 5.75 Å². The van der Waals surface area contributed by atoms with E-state index < -0.39 is 0 Å². The molecule has 1 aromatic heterocycles. The van der Waals surface area contributed by atoms with Gasteiger partial charge >= 0.3 is 0 Å². The lowest BCUT2D eigenvalue weighted by Crippen LogP contribution is -2.41. The highest BCUT2D eigenvalue weighted by molar-refractivity contribution is 5.80. The van der Waals surface area contributed by atoms with Crippen molar-refractivity contribution < 1.29 is 9.53 Å². The smallest absolute Gasteiger partial charge is 0.227 e. The van der Waals surface area contributed by atoms with Crippen LogP contribution in [0, 0.1) is 0 Å². The molecule has 0 spiro atoms. The van der Waals surface area contributed by atoms with E-state index in [-0.39, 0.29) is 11.9 Å². The van der Waals surface area contributed by atoms with Gasteiger partial charge in [-0.3, -0.25) is 9.48 Å². The molecule has 0 N–H and O–H groups in total. The third-order valence-corrected chi connectivity index (χ3v) is 4.90. The Balaban J connectivity index is 1.61. The minimum Gasteiger partial charge on any atom is -0.496 e. The van der Waals surface area contributed by atoms with Crippen LogP contribution in [0.1, 0.15) is 22.7 Å². The van der Waals surface area contributed by atoms with Crippen LogP contribution in [0.3, 0.4) is 0 Å². The summed E-state index contributed by atoms with van der Waals surface area (Å²) >= 11 is 0. The number of fused-ring (bicyclic) bond motifs is 1. The minimum atomic E-state index is 0.0385. The van der Waals surface area contributed by atoms with Crippen LogP contribution in [-0.4, -0.2) is 34.2 Å². The fourth-order valence-electron chi connectivity index (χ4n) is 3.59. The van der Waals surface area contributed by atoms with Crippen LogP contribution in [0.5, 0.6) is 5.75 Å². The van der Waals surface area contributed by atoms with Crippen molar-refractivity contribution in [2.24, 2.45) is 0 Å². The highest BCUT2D eigenvalue weighted by Crippen LogP contribution is 2.30. The van der Waals surface area contributed by atoms with E-state index in [2.05, 4.69) is 17.2 Å². The molecule has 1 unspecified atom stereocenters. The molecule has 4 rings (SSSR count). The Morgan fingerprint density at radius 3 is 2.77 bits per heavy atom. The molecule has 5 heteroatoms. The number of carbonyl (C=O) groups is 1. The summed E-state index contributed by atoms with van der Waals surface area (Å²) in [5, 5.41) is 4.40. The van der Waals surface area contributed by atoms with Gasteiger partial charge in [-0.25, -0.2) is 0 Å². The van der Waals surface area contributed by atoms with Gasteiger partial charge in [-0.15, -0.1) is 0 Å². The van der Waals surface area contributed by atoms with Crippen molar-refractivity contribution in [1.29, 1.82) is 0 Å². The van der Waals surface area contributed by atoms with Crippen molar-refractivity contribution in [3.05, 3.63) is 83.7 Å². The molecule has 1 aliphatic rings. The predicted molar refractivity (Wildman–Crippen MR) is 98.9 cm³/mol. The number of hydrogen-bond acceptors (Lipinski definition) is 3. The van der Waals surface area contributed by atoms with Gasteiger partial charge < -0.3 is 9.64 Å². The SMILES string of the molecule is COc1ccccc1CC(=O)N1Cc2ccccc2C(n2cccn2)C1. The van der Waals surface area contributed by atoms with E-state index in [1.807, 2.05) is 58.2 Å². The zero-order valence-electron chi connectivity index (χ0n) is 14.7. The first kappa shape index (κ1) is 16.4. The van der Waals surface area contributed by atoms with E-state index in [0.717, 1.165) is 11.3 Å². The first-order valence-electron chi connectivity index (χ1n) is 8.73. The fourth-order valence-corrected chi connectivity index (χ4v) is 3.59. The molecule has 0 bridgehead atoms. The number of benzene rings is 2. The Morgan fingerprint density at radius 2 is 1.96 bits per heavy atom. The van der Waals surface area contributed by atoms with Crippen molar-refractivity contribution in [2.75, 3.05) is 13.7 Å². The summed E-state index contributed by atoms with van der Waals surface area (Å²) in [6, 6.07) is 17.9. The monoisotopic (exact) mass is 347 g/mol. The third-order valence-electron chi connectivity index (χ3n) is 4.90. The summed E-state index contributed by atoms with van der Waals surface area (Å²) in [6.07, 6.45) is 4.06. The molecule has 2 heterocycles. The van der Waals surface area contributed by atoms with Crippen LogP contribution < -0.4 is 4.74 Å². The number of rotatable bonds is 4.